The molecule has 0 aromatic carbocycles. The maximum atomic E-state index is 11.9. The molecule has 1 amide bonds. The lowest BCUT2D eigenvalue weighted by atomic mass is 9.96. The molecule has 0 aliphatic carbocycles. The van der Waals surface area contributed by atoms with Gasteiger partial charge in [-0.05, 0) is 26.2 Å². The van der Waals surface area contributed by atoms with Crippen LogP contribution in [0.5, 0.6) is 0 Å². The Kier molecular flexibility index (Phi) is 4.94. The number of piperidine rings is 1. The quantitative estimate of drug-likeness (QED) is 0.759. The molecular formula is C10H21N3O4S. The number of carbonyl (C=O) groups is 1. The molecule has 0 aromatic heterocycles. The van der Waals surface area contributed by atoms with E-state index in [1.165, 1.54) is 4.31 Å². The first-order valence-electron chi connectivity index (χ1n) is 5.96. The van der Waals surface area contributed by atoms with Crippen LogP contribution >= 0.6 is 0 Å². The summed E-state index contributed by atoms with van der Waals surface area (Å²) < 4.78 is 31.7. The molecule has 0 bridgehead atoms. The van der Waals surface area contributed by atoms with E-state index in [2.05, 4.69) is 0 Å². The lowest BCUT2D eigenvalue weighted by molar-refractivity contribution is 0.120. The lowest BCUT2D eigenvalue weighted by Gasteiger charge is -2.33. The number of hydrogen-bond acceptors (Lipinski definition) is 5. The van der Waals surface area contributed by atoms with Gasteiger partial charge in [0.2, 0.25) is 0 Å². The summed E-state index contributed by atoms with van der Waals surface area (Å²) in [6, 6.07) is -0.000865. The Hall–Kier alpha value is -0.860. The topological polar surface area (TPSA) is 102 Å². The van der Waals surface area contributed by atoms with Crippen molar-refractivity contribution in [1.82, 2.24) is 9.03 Å². The van der Waals surface area contributed by atoms with Gasteiger partial charge in [-0.15, -0.1) is 0 Å². The molecular weight excluding hydrogens is 258 g/mol. The summed E-state index contributed by atoms with van der Waals surface area (Å²) in [6.45, 7) is 5.81. The molecule has 8 heteroatoms. The predicted octanol–water partition coefficient (Wildman–Crippen LogP) is 0.0349. The van der Waals surface area contributed by atoms with Crippen molar-refractivity contribution in [2.75, 3.05) is 13.1 Å². The Morgan fingerprint density at radius 2 is 2.11 bits per heavy atom. The van der Waals surface area contributed by atoms with Gasteiger partial charge in [-0.2, -0.15) is 12.7 Å². The third kappa shape index (κ3) is 4.11. The second-order valence-corrected chi connectivity index (χ2v) is 6.52. The van der Waals surface area contributed by atoms with Crippen LogP contribution in [0.2, 0.25) is 0 Å². The summed E-state index contributed by atoms with van der Waals surface area (Å²) in [4.78, 5) is 11.3. The van der Waals surface area contributed by atoms with E-state index in [0.717, 1.165) is 0 Å². The molecule has 7 nitrogen and oxygen atoms in total. The molecule has 1 heterocycles. The lowest BCUT2D eigenvalue weighted by Crippen LogP contribution is -2.52. The molecule has 3 N–H and O–H groups in total. The molecule has 0 saturated carbocycles. The average molecular weight is 279 g/mol. The van der Waals surface area contributed by atoms with Crippen LogP contribution in [0.1, 0.15) is 27.2 Å². The monoisotopic (exact) mass is 279 g/mol. The Morgan fingerprint density at radius 1 is 1.50 bits per heavy atom. The van der Waals surface area contributed by atoms with Crippen molar-refractivity contribution in [3.8, 4) is 0 Å². The number of hydrogen-bond donors (Lipinski definition) is 2. The SMILES string of the molecule is CC(C)OC(=O)NS(=O)(=O)N1CCC(N)C(C)C1. The largest absolute Gasteiger partial charge is 0.446 e. The van der Waals surface area contributed by atoms with Crippen LogP contribution in [0.25, 0.3) is 0 Å². The van der Waals surface area contributed by atoms with Crippen molar-refractivity contribution in [2.24, 2.45) is 11.7 Å². The second-order valence-electron chi connectivity index (χ2n) is 4.85. The van der Waals surface area contributed by atoms with E-state index in [9.17, 15) is 13.2 Å². The van der Waals surface area contributed by atoms with Gasteiger partial charge < -0.3 is 10.5 Å². The summed E-state index contributed by atoms with van der Waals surface area (Å²) in [5.41, 5.74) is 5.82. The van der Waals surface area contributed by atoms with Crippen molar-refractivity contribution in [1.29, 1.82) is 0 Å². The normalized spacial score (nSPS) is 26.1. The van der Waals surface area contributed by atoms with Crippen LogP contribution < -0.4 is 10.5 Å². The highest BCUT2D eigenvalue weighted by molar-refractivity contribution is 7.87. The number of nitrogens with zero attached hydrogens (tertiary/aromatic N) is 1. The molecule has 2 atom stereocenters. The van der Waals surface area contributed by atoms with Gasteiger partial charge in [0.25, 0.3) is 0 Å². The molecule has 1 fully saturated rings. The average Bonchev–Trinajstić information content (AvgIpc) is 2.19. The van der Waals surface area contributed by atoms with Gasteiger partial charge in [0.05, 0.1) is 6.10 Å². The summed E-state index contributed by atoms with van der Waals surface area (Å²) in [6.07, 6.45) is -0.733. The molecule has 1 aliphatic heterocycles. The summed E-state index contributed by atoms with van der Waals surface area (Å²) >= 11 is 0. The third-order valence-electron chi connectivity index (χ3n) is 2.83. The first-order valence-corrected chi connectivity index (χ1v) is 7.40. The molecule has 1 rings (SSSR count). The minimum Gasteiger partial charge on any atom is -0.446 e. The Balaban J connectivity index is 2.61. The fraction of sp³-hybridized carbons (Fsp3) is 0.900. The smallest absolute Gasteiger partial charge is 0.422 e. The minimum absolute atomic E-state index is 0.000865. The molecule has 1 saturated heterocycles. The molecule has 2 unspecified atom stereocenters. The maximum absolute atomic E-state index is 11.9. The summed E-state index contributed by atoms with van der Waals surface area (Å²) in [7, 11) is -3.83. The number of rotatable bonds is 3. The van der Waals surface area contributed by atoms with E-state index in [4.69, 9.17) is 10.5 Å². The number of carbonyl (C=O) groups excluding carboxylic acids is 1. The van der Waals surface area contributed by atoms with Crippen LogP contribution in [0.15, 0.2) is 0 Å². The van der Waals surface area contributed by atoms with Crippen molar-refractivity contribution in [2.45, 2.75) is 39.3 Å². The summed E-state index contributed by atoms with van der Waals surface area (Å²) in [5.74, 6) is 0.0662. The Morgan fingerprint density at radius 3 is 2.61 bits per heavy atom. The van der Waals surface area contributed by atoms with Crippen LogP contribution in [0, 0.1) is 5.92 Å². The number of ether oxygens (including phenoxy) is 1. The van der Waals surface area contributed by atoms with E-state index in [1.807, 2.05) is 11.6 Å². The van der Waals surface area contributed by atoms with Gasteiger partial charge in [0.15, 0.2) is 0 Å². The van der Waals surface area contributed by atoms with Crippen molar-refractivity contribution < 1.29 is 17.9 Å². The zero-order chi connectivity index (χ0) is 13.9. The highest BCUT2D eigenvalue weighted by atomic mass is 32.2. The van der Waals surface area contributed by atoms with Gasteiger partial charge in [-0.25, -0.2) is 9.52 Å². The molecule has 0 aromatic rings. The van der Waals surface area contributed by atoms with Crippen LogP contribution in [-0.4, -0.2) is 44.1 Å². The first kappa shape index (κ1) is 15.2. The number of nitrogens with two attached hydrogens (primary N) is 1. The van der Waals surface area contributed by atoms with E-state index in [0.29, 0.717) is 19.5 Å². The van der Waals surface area contributed by atoms with Crippen molar-refractivity contribution in [3.05, 3.63) is 0 Å². The van der Waals surface area contributed by atoms with Gasteiger partial charge in [-0.1, -0.05) is 6.92 Å². The fourth-order valence-electron chi connectivity index (χ4n) is 1.75. The number of amides is 1. The maximum Gasteiger partial charge on any atom is 0.422 e. The van der Waals surface area contributed by atoms with Gasteiger partial charge >= 0.3 is 16.3 Å². The number of nitrogens with one attached hydrogen (secondary N) is 1. The molecule has 1 aliphatic rings. The molecule has 18 heavy (non-hydrogen) atoms. The highest BCUT2D eigenvalue weighted by Crippen LogP contribution is 2.17. The minimum atomic E-state index is -3.83. The van der Waals surface area contributed by atoms with Crippen molar-refractivity contribution >= 4 is 16.3 Å². The van der Waals surface area contributed by atoms with Crippen LogP contribution in [0.4, 0.5) is 4.79 Å². The van der Waals surface area contributed by atoms with E-state index in [-0.39, 0.29) is 18.1 Å². The van der Waals surface area contributed by atoms with Crippen molar-refractivity contribution in [3.63, 3.8) is 0 Å². The zero-order valence-corrected chi connectivity index (χ0v) is 11.7. The van der Waals surface area contributed by atoms with E-state index >= 15 is 0 Å². The molecule has 106 valence electrons. The van der Waals surface area contributed by atoms with Gasteiger partial charge in [0.1, 0.15) is 0 Å². The third-order valence-corrected chi connectivity index (χ3v) is 4.27. The van der Waals surface area contributed by atoms with Gasteiger partial charge in [0, 0.05) is 19.1 Å². The zero-order valence-electron chi connectivity index (χ0n) is 10.9. The second kappa shape index (κ2) is 5.85. The first-order chi connectivity index (χ1) is 8.22. The van der Waals surface area contributed by atoms with Crippen LogP contribution in [-0.2, 0) is 14.9 Å². The highest BCUT2D eigenvalue weighted by Gasteiger charge is 2.32. The van der Waals surface area contributed by atoms with Gasteiger partial charge in [-0.3, -0.25) is 0 Å². The fourth-order valence-corrected chi connectivity index (χ4v) is 2.92. The Labute approximate surface area is 108 Å². The molecule has 0 radical (unpaired) electrons. The van der Waals surface area contributed by atoms with E-state index in [1.54, 1.807) is 13.8 Å². The summed E-state index contributed by atoms with van der Waals surface area (Å²) in [5, 5.41) is 0. The standard InChI is InChI=1S/C10H21N3O4S/c1-7(2)17-10(14)12-18(15,16)13-5-4-9(11)8(3)6-13/h7-9H,4-6,11H2,1-3H3,(H,12,14). The molecule has 0 spiro atoms. The Bertz CT molecular complexity index is 396. The van der Waals surface area contributed by atoms with Crippen LogP contribution in [0.3, 0.4) is 0 Å². The van der Waals surface area contributed by atoms with E-state index < -0.39 is 16.3 Å². The predicted molar refractivity (Wildman–Crippen MR) is 67.0 cm³/mol.